The molecule has 2 aliphatic heterocycles. The van der Waals surface area contributed by atoms with Crippen LogP contribution in [0.4, 0.5) is 0 Å². The fraction of sp³-hybridized carbons (Fsp3) is 0.536. The topological polar surface area (TPSA) is 26.8 Å². The van der Waals surface area contributed by atoms with E-state index in [1.54, 1.807) is 0 Å². The van der Waals surface area contributed by atoms with Gasteiger partial charge in [0, 0.05) is 45.3 Å². The Morgan fingerprint density at radius 1 is 0.906 bits per heavy atom. The SMILES string of the molecule is CCc1cccc(-c2ccc3c(c2)CCN(CC(=O)N2CCN(C4CCCC4)CC2)C3)c1. The second-order valence-corrected chi connectivity index (χ2v) is 9.85. The predicted octanol–water partition coefficient (Wildman–Crippen LogP) is 4.36. The summed E-state index contributed by atoms with van der Waals surface area (Å²) in [4.78, 5) is 20.0. The van der Waals surface area contributed by atoms with Gasteiger partial charge in [-0.3, -0.25) is 14.6 Å². The van der Waals surface area contributed by atoms with Crippen molar-refractivity contribution in [3.05, 3.63) is 59.2 Å². The highest BCUT2D eigenvalue weighted by Crippen LogP contribution is 2.28. The van der Waals surface area contributed by atoms with Gasteiger partial charge in [-0.1, -0.05) is 62.2 Å². The van der Waals surface area contributed by atoms with E-state index in [1.165, 1.54) is 53.5 Å². The maximum Gasteiger partial charge on any atom is 0.236 e. The molecule has 170 valence electrons. The molecule has 2 fully saturated rings. The van der Waals surface area contributed by atoms with Crippen LogP contribution in [0.15, 0.2) is 42.5 Å². The molecule has 1 saturated carbocycles. The van der Waals surface area contributed by atoms with Gasteiger partial charge in [0.15, 0.2) is 0 Å². The quantitative estimate of drug-likeness (QED) is 0.704. The second-order valence-electron chi connectivity index (χ2n) is 9.85. The number of carbonyl (C=O) groups excluding carboxylic acids is 1. The van der Waals surface area contributed by atoms with Crippen LogP contribution < -0.4 is 0 Å². The lowest BCUT2D eigenvalue weighted by atomic mass is 9.94. The van der Waals surface area contributed by atoms with Crippen molar-refractivity contribution in [1.29, 1.82) is 0 Å². The van der Waals surface area contributed by atoms with Crippen molar-refractivity contribution in [2.45, 2.75) is 58.0 Å². The van der Waals surface area contributed by atoms with Crippen LogP contribution in [0.5, 0.6) is 0 Å². The molecule has 0 bridgehead atoms. The van der Waals surface area contributed by atoms with Crippen molar-refractivity contribution in [2.75, 3.05) is 39.3 Å². The number of benzene rings is 2. The van der Waals surface area contributed by atoms with Crippen molar-refractivity contribution in [1.82, 2.24) is 14.7 Å². The maximum absolute atomic E-state index is 13.0. The molecule has 4 nitrogen and oxygen atoms in total. The van der Waals surface area contributed by atoms with Crippen LogP contribution in [-0.4, -0.2) is 65.9 Å². The van der Waals surface area contributed by atoms with E-state index in [-0.39, 0.29) is 0 Å². The molecule has 32 heavy (non-hydrogen) atoms. The van der Waals surface area contributed by atoms with Gasteiger partial charge in [0.25, 0.3) is 0 Å². The maximum atomic E-state index is 13.0. The van der Waals surface area contributed by atoms with Gasteiger partial charge in [-0.15, -0.1) is 0 Å². The number of aryl methyl sites for hydroxylation is 1. The van der Waals surface area contributed by atoms with Crippen LogP contribution >= 0.6 is 0 Å². The largest absolute Gasteiger partial charge is 0.339 e. The molecule has 2 aromatic carbocycles. The Morgan fingerprint density at radius 2 is 1.69 bits per heavy atom. The fourth-order valence-electron chi connectivity index (χ4n) is 5.79. The molecular formula is C28H37N3O. The summed E-state index contributed by atoms with van der Waals surface area (Å²) in [6.07, 6.45) is 7.57. The number of amides is 1. The van der Waals surface area contributed by atoms with Crippen molar-refractivity contribution in [3.63, 3.8) is 0 Å². The van der Waals surface area contributed by atoms with Crippen LogP contribution in [0.3, 0.4) is 0 Å². The van der Waals surface area contributed by atoms with E-state index in [0.717, 1.165) is 58.2 Å². The summed E-state index contributed by atoms with van der Waals surface area (Å²) < 4.78 is 0. The summed E-state index contributed by atoms with van der Waals surface area (Å²) in [5.41, 5.74) is 6.82. The van der Waals surface area contributed by atoms with E-state index in [9.17, 15) is 4.79 Å². The normalized spacial score (nSPS) is 20.5. The van der Waals surface area contributed by atoms with E-state index in [0.29, 0.717) is 12.5 Å². The van der Waals surface area contributed by atoms with Gasteiger partial charge >= 0.3 is 0 Å². The van der Waals surface area contributed by atoms with E-state index in [2.05, 4.69) is 64.1 Å². The number of piperazine rings is 1. The zero-order valence-electron chi connectivity index (χ0n) is 19.6. The first-order valence-electron chi connectivity index (χ1n) is 12.6. The van der Waals surface area contributed by atoms with Crippen molar-refractivity contribution in [2.24, 2.45) is 0 Å². The molecule has 0 radical (unpaired) electrons. The summed E-state index contributed by atoms with van der Waals surface area (Å²) in [6, 6.07) is 16.6. The number of carbonyl (C=O) groups is 1. The van der Waals surface area contributed by atoms with Crippen LogP contribution in [0.1, 0.15) is 49.3 Å². The molecule has 0 spiro atoms. The van der Waals surface area contributed by atoms with Gasteiger partial charge in [0.1, 0.15) is 0 Å². The lowest BCUT2D eigenvalue weighted by Gasteiger charge is -2.39. The highest BCUT2D eigenvalue weighted by Gasteiger charge is 2.29. The molecule has 0 unspecified atom stereocenters. The third kappa shape index (κ3) is 4.77. The van der Waals surface area contributed by atoms with Crippen LogP contribution in [0, 0.1) is 0 Å². The minimum Gasteiger partial charge on any atom is -0.339 e. The average Bonchev–Trinajstić information content (AvgIpc) is 3.39. The number of fused-ring (bicyclic) bond motifs is 1. The van der Waals surface area contributed by atoms with Crippen molar-refractivity contribution < 1.29 is 4.79 Å². The first kappa shape index (κ1) is 21.7. The summed E-state index contributed by atoms with van der Waals surface area (Å²) in [6.45, 7) is 8.54. The zero-order chi connectivity index (χ0) is 21.9. The average molecular weight is 432 g/mol. The molecule has 1 aliphatic carbocycles. The molecule has 3 aliphatic rings. The molecule has 2 heterocycles. The Hall–Kier alpha value is -2.17. The smallest absolute Gasteiger partial charge is 0.236 e. The van der Waals surface area contributed by atoms with Gasteiger partial charge in [-0.05, 0) is 53.5 Å². The Morgan fingerprint density at radius 3 is 2.47 bits per heavy atom. The van der Waals surface area contributed by atoms with Gasteiger partial charge in [-0.2, -0.15) is 0 Å². The molecule has 1 amide bonds. The first-order chi connectivity index (χ1) is 15.7. The molecule has 4 heteroatoms. The van der Waals surface area contributed by atoms with Gasteiger partial charge < -0.3 is 4.90 Å². The minimum absolute atomic E-state index is 0.313. The molecular weight excluding hydrogens is 394 g/mol. The Balaban J connectivity index is 1.16. The molecule has 5 rings (SSSR count). The second kappa shape index (κ2) is 9.76. The van der Waals surface area contributed by atoms with Gasteiger partial charge in [0.05, 0.1) is 6.54 Å². The monoisotopic (exact) mass is 431 g/mol. The van der Waals surface area contributed by atoms with Crippen LogP contribution in [0.2, 0.25) is 0 Å². The van der Waals surface area contributed by atoms with Crippen LogP contribution in [0.25, 0.3) is 11.1 Å². The first-order valence-corrected chi connectivity index (χ1v) is 12.6. The molecule has 0 atom stereocenters. The van der Waals surface area contributed by atoms with Gasteiger partial charge in [-0.25, -0.2) is 0 Å². The Bertz CT molecular complexity index is 941. The summed E-state index contributed by atoms with van der Waals surface area (Å²) >= 11 is 0. The number of hydrogen-bond donors (Lipinski definition) is 0. The lowest BCUT2D eigenvalue weighted by Crippen LogP contribution is -2.53. The highest BCUT2D eigenvalue weighted by molar-refractivity contribution is 5.78. The van der Waals surface area contributed by atoms with Crippen molar-refractivity contribution >= 4 is 5.91 Å². The number of nitrogens with zero attached hydrogens (tertiary/aromatic N) is 3. The third-order valence-electron chi connectivity index (χ3n) is 7.83. The minimum atomic E-state index is 0.313. The predicted molar refractivity (Wildman–Crippen MR) is 131 cm³/mol. The zero-order valence-corrected chi connectivity index (χ0v) is 19.6. The Kier molecular flexibility index (Phi) is 6.61. The molecule has 0 aromatic heterocycles. The standard InChI is InChI=1S/C28H37N3O/c1-2-22-6-5-7-23(18-22)24-10-11-26-20-29(13-12-25(26)19-24)21-28(32)31-16-14-30(15-17-31)27-8-3-4-9-27/h5-7,10-11,18-19,27H,2-4,8-9,12-17,20-21H2,1H3. The fourth-order valence-corrected chi connectivity index (χ4v) is 5.79. The number of hydrogen-bond acceptors (Lipinski definition) is 3. The van der Waals surface area contributed by atoms with E-state index in [1.807, 2.05) is 0 Å². The molecule has 0 N–H and O–H groups in total. The lowest BCUT2D eigenvalue weighted by molar-refractivity contribution is -0.134. The Labute approximate surface area is 193 Å². The summed E-state index contributed by atoms with van der Waals surface area (Å²) in [7, 11) is 0. The molecule has 1 saturated heterocycles. The van der Waals surface area contributed by atoms with E-state index >= 15 is 0 Å². The highest BCUT2D eigenvalue weighted by atomic mass is 16.2. The molecule has 2 aromatic rings. The van der Waals surface area contributed by atoms with Gasteiger partial charge in [0.2, 0.25) is 5.91 Å². The van der Waals surface area contributed by atoms with E-state index < -0.39 is 0 Å². The summed E-state index contributed by atoms with van der Waals surface area (Å²) in [5.74, 6) is 0.313. The third-order valence-corrected chi connectivity index (χ3v) is 7.83. The summed E-state index contributed by atoms with van der Waals surface area (Å²) in [5, 5.41) is 0. The number of rotatable bonds is 5. The van der Waals surface area contributed by atoms with E-state index in [4.69, 9.17) is 0 Å². The van der Waals surface area contributed by atoms with Crippen molar-refractivity contribution in [3.8, 4) is 11.1 Å². The van der Waals surface area contributed by atoms with Crippen LogP contribution in [-0.2, 0) is 24.2 Å².